The first kappa shape index (κ1) is 19.7. The van der Waals surface area contributed by atoms with Crippen molar-refractivity contribution in [2.75, 3.05) is 18.1 Å². The number of fused-ring (bicyclic) bond motifs is 1. The molecule has 1 fully saturated rings. The first-order chi connectivity index (χ1) is 14.9. The molecular formula is C22H19F3N4O2. The SMILES string of the molecule is Cn1cnnc1[C@H](F)C1(c2cccc(N3Cc4c(cccc4C(F)F)C3=O)c2)COC1. The molecule has 2 aromatic carbocycles. The quantitative estimate of drug-likeness (QED) is 0.619. The number of ether oxygens (including phenoxy) is 1. The Bertz CT molecular complexity index is 1160. The number of carbonyl (C=O) groups is 1. The maximum atomic E-state index is 15.6. The van der Waals surface area contributed by atoms with Crippen molar-refractivity contribution in [1.82, 2.24) is 14.8 Å². The van der Waals surface area contributed by atoms with E-state index in [1.165, 1.54) is 27.9 Å². The van der Waals surface area contributed by atoms with Crippen molar-refractivity contribution in [2.45, 2.75) is 24.6 Å². The van der Waals surface area contributed by atoms with Crippen LogP contribution in [0.1, 0.15) is 45.5 Å². The Labute approximate surface area is 176 Å². The normalized spacial score (nSPS) is 18.2. The van der Waals surface area contributed by atoms with Gasteiger partial charge in [-0.1, -0.05) is 24.3 Å². The van der Waals surface area contributed by atoms with E-state index in [4.69, 9.17) is 4.74 Å². The summed E-state index contributed by atoms with van der Waals surface area (Å²) in [5.74, 6) is -0.154. The van der Waals surface area contributed by atoms with Gasteiger partial charge < -0.3 is 14.2 Å². The third-order valence-corrected chi connectivity index (χ3v) is 6.15. The summed E-state index contributed by atoms with van der Waals surface area (Å²) in [6.07, 6.45) is -2.68. The van der Waals surface area contributed by atoms with E-state index in [0.717, 1.165) is 0 Å². The highest BCUT2D eigenvalue weighted by Gasteiger charge is 2.50. The van der Waals surface area contributed by atoms with Crippen LogP contribution in [0.4, 0.5) is 18.9 Å². The Morgan fingerprint density at radius 2 is 1.90 bits per heavy atom. The van der Waals surface area contributed by atoms with Crippen LogP contribution >= 0.6 is 0 Å². The number of hydrogen-bond donors (Lipinski definition) is 0. The molecule has 3 aromatic rings. The van der Waals surface area contributed by atoms with Crippen molar-refractivity contribution >= 4 is 11.6 Å². The molecule has 0 unspecified atom stereocenters. The molecule has 1 saturated heterocycles. The fourth-order valence-corrected chi connectivity index (χ4v) is 4.30. The Morgan fingerprint density at radius 3 is 2.55 bits per heavy atom. The highest BCUT2D eigenvalue weighted by atomic mass is 19.3. The summed E-state index contributed by atoms with van der Waals surface area (Å²) in [5, 5.41) is 7.66. The van der Waals surface area contributed by atoms with Crippen molar-refractivity contribution in [2.24, 2.45) is 7.05 Å². The number of rotatable bonds is 5. The Kier molecular flexibility index (Phi) is 4.58. The minimum absolute atomic E-state index is 0.0456. The van der Waals surface area contributed by atoms with E-state index in [0.29, 0.717) is 16.8 Å². The molecule has 6 nitrogen and oxygen atoms in total. The lowest BCUT2D eigenvalue weighted by atomic mass is 9.74. The van der Waals surface area contributed by atoms with Gasteiger partial charge in [-0.3, -0.25) is 4.79 Å². The summed E-state index contributed by atoms with van der Waals surface area (Å²) >= 11 is 0. The molecule has 2 aliphatic rings. The van der Waals surface area contributed by atoms with Gasteiger partial charge in [0, 0.05) is 23.9 Å². The van der Waals surface area contributed by atoms with Gasteiger partial charge >= 0.3 is 0 Å². The first-order valence-corrected chi connectivity index (χ1v) is 9.80. The lowest BCUT2D eigenvalue weighted by Crippen LogP contribution is -2.50. The number of aromatic nitrogens is 3. The lowest BCUT2D eigenvalue weighted by molar-refractivity contribution is -0.102. The number of hydrogen-bond acceptors (Lipinski definition) is 4. The summed E-state index contributed by atoms with van der Waals surface area (Å²) in [6, 6.07) is 11.3. The third kappa shape index (κ3) is 2.95. The number of amides is 1. The summed E-state index contributed by atoms with van der Waals surface area (Å²) in [6.45, 7) is 0.367. The van der Waals surface area contributed by atoms with Gasteiger partial charge in [0.15, 0.2) is 12.0 Å². The molecule has 1 aromatic heterocycles. The van der Waals surface area contributed by atoms with Crippen LogP contribution < -0.4 is 4.90 Å². The van der Waals surface area contributed by atoms with Gasteiger partial charge in [-0.2, -0.15) is 0 Å². The van der Waals surface area contributed by atoms with E-state index in [1.54, 1.807) is 37.4 Å². The highest BCUT2D eigenvalue weighted by molar-refractivity contribution is 6.10. The number of carbonyl (C=O) groups excluding carboxylic acids is 1. The van der Waals surface area contributed by atoms with Crippen LogP contribution in [0.2, 0.25) is 0 Å². The van der Waals surface area contributed by atoms with Crippen LogP contribution in [-0.2, 0) is 23.7 Å². The molecule has 5 rings (SSSR count). The monoisotopic (exact) mass is 428 g/mol. The standard InChI is InChI=1S/C22H19F3N4O2/c1-28-12-26-27-20(28)18(23)22(10-31-11-22)13-4-2-5-14(8-13)29-9-17-15(19(24)25)6-3-7-16(17)21(29)30/h2-8,12,18-19H,9-11H2,1H3/t18-/m0/s1. The molecular weight excluding hydrogens is 409 g/mol. The van der Waals surface area contributed by atoms with E-state index >= 15 is 4.39 Å². The number of halogens is 3. The number of aryl methyl sites for hydroxylation is 1. The Morgan fingerprint density at radius 1 is 1.13 bits per heavy atom. The van der Waals surface area contributed by atoms with Crippen molar-refractivity contribution in [3.05, 3.63) is 76.9 Å². The predicted molar refractivity (Wildman–Crippen MR) is 106 cm³/mol. The van der Waals surface area contributed by atoms with Crippen LogP contribution in [-0.4, -0.2) is 33.9 Å². The van der Waals surface area contributed by atoms with Crippen LogP contribution in [0, 0.1) is 0 Å². The topological polar surface area (TPSA) is 60.2 Å². The van der Waals surface area contributed by atoms with E-state index in [9.17, 15) is 13.6 Å². The molecule has 0 saturated carbocycles. The first-order valence-electron chi connectivity index (χ1n) is 9.80. The lowest BCUT2D eigenvalue weighted by Gasteiger charge is -2.43. The predicted octanol–water partition coefficient (Wildman–Crippen LogP) is 3.89. The van der Waals surface area contributed by atoms with Gasteiger partial charge in [-0.25, -0.2) is 13.2 Å². The summed E-state index contributed by atoms with van der Waals surface area (Å²) in [7, 11) is 1.67. The third-order valence-electron chi connectivity index (χ3n) is 6.15. The molecule has 160 valence electrons. The summed E-state index contributed by atoms with van der Waals surface area (Å²) in [5.41, 5.74) is 0.685. The molecule has 0 aliphatic carbocycles. The van der Waals surface area contributed by atoms with Crippen LogP contribution in [0.15, 0.2) is 48.8 Å². The van der Waals surface area contributed by atoms with Crippen LogP contribution in [0.5, 0.6) is 0 Å². The highest BCUT2D eigenvalue weighted by Crippen LogP contribution is 2.46. The number of anilines is 1. The second-order valence-corrected chi connectivity index (χ2v) is 7.93. The van der Waals surface area contributed by atoms with Crippen molar-refractivity contribution in [3.63, 3.8) is 0 Å². The van der Waals surface area contributed by atoms with Gasteiger partial charge in [0.25, 0.3) is 12.3 Å². The van der Waals surface area contributed by atoms with E-state index < -0.39 is 18.0 Å². The zero-order valence-electron chi connectivity index (χ0n) is 16.6. The second-order valence-electron chi connectivity index (χ2n) is 7.93. The summed E-state index contributed by atoms with van der Waals surface area (Å²) in [4.78, 5) is 14.4. The van der Waals surface area contributed by atoms with Crippen molar-refractivity contribution in [1.29, 1.82) is 0 Å². The molecule has 1 amide bonds. The molecule has 31 heavy (non-hydrogen) atoms. The Hall–Kier alpha value is -3.20. The Balaban J connectivity index is 1.51. The fourth-order valence-electron chi connectivity index (χ4n) is 4.30. The van der Waals surface area contributed by atoms with Crippen molar-refractivity contribution in [3.8, 4) is 0 Å². The molecule has 2 aliphatic heterocycles. The zero-order valence-corrected chi connectivity index (χ0v) is 16.6. The minimum Gasteiger partial charge on any atom is -0.379 e. The molecule has 0 N–H and O–H groups in total. The largest absolute Gasteiger partial charge is 0.379 e. The molecule has 3 heterocycles. The van der Waals surface area contributed by atoms with E-state index in [1.807, 2.05) is 0 Å². The van der Waals surface area contributed by atoms with Gasteiger partial charge in [-0.15, -0.1) is 10.2 Å². The van der Waals surface area contributed by atoms with Gasteiger partial charge in [0.2, 0.25) is 0 Å². The molecule has 0 spiro atoms. The number of alkyl halides is 3. The van der Waals surface area contributed by atoms with Gasteiger partial charge in [-0.05, 0) is 29.3 Å². The van der Waals surface area contributed by atoms with Crippen LogP contribution in [0.3, 0.4) is 0 Å². The average Bonchev–Trinajstić information content (AvgIpc) is 3.30. The number of nitrogens with zero attached hydrogens (tertiary/aromatic N) is 4. The van der Waals surface area contributed by atoms with Gasteiger partial charge in [0.1, 0.15) is 6.33 Å². The minimum atomic E-state index is -2.66. The smallest absolute Gasteiger partial charge is 0.264 e. The van der Waals surface area contributed by atoms with E-state index in [2.05, 4.69) is 10.2 Å². The molecule has 1 atom stereocenters. The second kappa shape index (κ2) is 7.19. The van der Waals surface area contributed by atoms with Crippen molar-refractivity contribution < 1.29 is 22.7 Å². The maximum absolute atomic E-state index is 15.6. The fraction of sp³-hybridized carbons (Fsp3) is 0.318. The maximum Gasteiger partial charge on any atom is 0.264 e. The molecule has 0 radical (unpaired) electrons. The summed E-state index contributed by atoms with van der Waals surface area (Å²) < 4.78 is 49.3. The average molecular weight is 428 g/mol. The van der Waals surface area contributed by atoms with E-state index in [-0.39, 0.29) is 42.6 Å². The number of benzene rings is 2. The van der Waals surface area contributed by atoms with Crippen LogP contribution in [0.25, 0.3) is 0 Å². The van der Waals surface area contributed by atoms with Gasteiger partial charge in [0.05, 0.1) is 25.2 Å². The molecule has 0 bridgehead atoms. The zero-order chi connectivity index (χ0) is 21.8. The molecule has 9 heteroatoms.